The van der Waals surface area contributed by atoms with E-state index >= 15 is 0 Å². The van der Waals surface area contributed by atoms with Crippen LogP contribution in [0.15, 0.2) is 27.8 Å². The third-order valence-electron chi connectivity index (χ3n) is 3.02. The Labute approximate surface area is 124 Å². The molecular weight excluding hydrogens is 294 g/mol. The minimum absolute atomic E-state index is 0.0926. The van der Waals surface area contributed by atoms with Crippen molar-refractivity contribution < 1.29 is 5.11 Å². The maximum atomic E-state index is 12.0. The molecule has 0 bridgehead atoms. The van der Waals surface area contributed by atoms with Gasteiger partial charge in [-0.25, -0.2) is 9.36 Å². The second kappa shape index (κ2) is 5.46. The summed E-state index contributed by atoms with van der Waals surface area (Å²) in [6.45, 7) is 3.44. The number of benzene rings is 1. The van der Waals surface area contributed by atoms with Crippen LogP contribution in [0.1, 0.15) is 30.9 Å². The molecule has 0 aliphatic carbocycles. The van der Waals surface area contributed by atoms with Crippen molar-refractivity contribution in [2.45, 2.75) is 19.8 Å². The molecule has 7 heteroatoms. The monoisotopic (exact) mass is 305 g/mol. The molecule has 1 heterocycles. The average Bonchev–Trinajstić information content (AvgIpc) is 2.39. The fourth-order valence-electron chi connectivity index (χ4n) is 2.04. The van der Waals surface area contributed by atoms with Crippen molar-refractivity contribution in [1.29, 1.82) is 5.26 Å². The van der Waals surface area contributed by atoms with Crippen molar-refractivity contribution in [1.82, 2.24) is 9.55 Å². The van der Waals surface area contributed by atoms with Gasteiger partial charge in [0.2, 0.25) is 5.88 Å². The summed E-state index contributed by atoms with van der Waals surface area (Å²) in [5, 5.41) is 19.2. The smallest absolute Gasteiger partial charge is 0.335 e. The lowest BCUT2D eigenvalue weighted by molar-refractivity contribution is 0.419. The predicted octanol–water partition coefficient (Wildman–Crippen LogP) is 1.88. The van der Waals surface area contributed by atoms with Crippen LogP contribution in [0.25, 0.3) is 5.69 Å². The molecule has 1 aromatic heterocycles. The Morgan fingerprint density at radius 3 is 2.57 bits per heavy atom. The van der Waals surface area contributed by atoms with Gasteiger partial charge in [0.15, 0.2) is 0 Å². The van der Waals surface area contributed by atoms with E-state index in [1.54, 1.807) is 13.8 Å². The molecule has 6 nitrogen and oxygen atoms in total. The fraction of sp³-hybridized carbons (Fsp3) is 0.214. The zero-order valence-corrected chi connectivity index (χ0v) is 12.1. The molecule has 0 saturated heterocycles. The first-order valence-electron chi connectivity index (χ1n) is 6.15. The Morgan fingerprint density at radius 1 is 1.38 bits per heavy atom. The molecule has 2 rings (SSSR count). The van der Waals surface area contributed by atoms with Gasteiger partial charge in [0.05, 0.1) is 27.9 Å². The summed E-state index contributed by atoms with van der Waals surface area (Å²) >= 11 is 6.04. The number of aromatic amines is 1. The lowest BCUT2D eigenvalue weighted by atomic mass is 10.1. The van der Waals surface area contributed by atoms with E-state index in [0.29, 0.717) is 5.56 Å². The van der Waals surface area contributed by atoms with Gasteiger partial charge in [-0.3, -0.25) is 9.78 Å². The number of hydrogen-bond donors (Lipinski definition) is 2. The molecule has 0 spiro atoms. The summed E-state index contributed by atoms with van der Waals surface area (Å²) < 4.78 is 0.917. The molecule has 0 atom stereocenters. The number of nitriles is 1. The van der Waals surface area contributed by atoms with Gasteiger partial charge >= 0.3 is 5.69 Å². The van der Waals surface area contributed by atoms with E-state index in [2.05, 4.69) is 4.98 Å². The van der Waals surface area contributed by atoms with Gasteiger partial charge in [0.1, 0.15) is 0 Å². The number of halogens is 1. The highest BCUT2D eigenvalue weighted by Gasteiger charge is 2.19. The van der Waals surface area contributed by atoms with Gasteiger partial charge in [-0.1, -0.05) is 25.4 Å². The minimum atomic E-state index is -0.798. The maximum absolute atomic E-state index is 12.0. The van der Waals surface area contributed by atoms with Crippen LogP contribution in [-0.4, -0.2) is 14.7 Å². The van der Waals surface area contributed by atoms with E-state index in [1.165, 1.54) is 18.2 Å². The zero-order chi connectivity index (χ0) is 15.7. The number of H-pyrrole nitrogens is 1. The summed E-state index contributed by atoms with van der Waals surface area (Å²) in [5.74, 6) is -0.733. The fourth-order valence-corrected chi connectivity index (χ4v) is 2.31. The van der Waals surface area contributed by atoms with Crippen LogP contribution in [0.4, 0.5) is 0 Å². The number of nitrogens with one attached hydrogen (secondary N) is 1. The van der Waals surface area contributed by atoms with E-state index < -0.39 is 17.1 Å². The summed E-state index contributed by atoms with van der Waals surface area (Å²) in [6, 6.07) is 6.20. The molecule has 0 fully saturated rings. The van der Waals surface area contributed by atoms with E-state index in [-0.39, 0.29) is 22.2 Å². The van der Waals surface area contributed by atoms with Crippen LogP contribution in [0, 0.1) is 11.3 Å². The molecule has 0 amide bonds. The van der Waals surface area contributed by atoms with E-state index in [0.717, 1.165) is 4.57 Å². The largest absolute Gasteiger partial charge is 0.494 e. The van der Waals surface area contributed by atoms with Crippen LogP contribution < -0.4 is 11.2 Å². The molecule has 0 radical (unpaired) electrons. The molecule has 2 N–H and O–H groups in total. The van der Waals surface area contributed by atoms with Crippen molar-refractivity contribution >= 4 is 11.6 Å². The molecular formula is C14H12ClN3O3. The van der Waals surface area contributed by atoms with Crippen molar-refractivity contribution in [2.75, 3.05) is 0 Å². The van der Waals surface area contributed by atoms with Crippen molar-refractivity contribution in [3.63, 3.8) is 0 Å². The van der Waals surface area contributed by atoms with Gasteiger partial charge in [0, 0.05) is 0 Å². The number of hydrogen-bond acceptors (Lipinski definition) is 4. The summed E-state index contributed by atoms with van der Waals surface area (Å²) in [4.78, 5) is 25.9. The van der Waals surface area contributed by atoms with Crippen LogP contribution in [0.5, 0.6) is 5.88 Å². The molecule has 1 aromatic carbocycles. The van der Waals surface area contributed by atoms with Crippen molar-refractivity contribution in [3.8, 4) is 17.6 Å². The molecule has 0 aliphatic rings. The number of aromatic hydroxyl groups is 1. The Morgan fingerprint density at radius 2 is 2.05 bits per heavy atom. The zero-order valence-electron chi connectivity index (χ0n) is 11.3. The average molecular weight is 306 g/mol. The highest BCUT2D eigenvalue weighted by Crippen LogP contribution is 2.27. The molecule has 0 saturated carbocycles. The minimum Gasteiger partial charge on any atom is -0.494 e. The van der Waals surface area contributed by atoms with Gasteiger partial charge in [-0.15, -0.1) is 0 Å². The Hall–Kier alpha value is -2.52. The Kier molecular flexibility index (Phi) is 3.87. The molecule has 0 unspecified atom stereocenters. The van der Waals surface area contributed by atoms with Crippen LogP contribution in [0.3, 0.4) is 0 Å². The lowest BCUT2D eigenvalue weighted by Crippen LogP contribution is -2.32. The maximum Gasteiger partial charge on any atom is 0.335 e. The number of rotatable bonds is 2. The van der Waals surface area contributed by atoms with E-state index in [4.69, 9.17) is 16.9 Å². The SMILES string of the molecule is CC(C)c1c(O)n(-c2ccc(C#N)cc2Cl)c(=O)[nH]c1=O. The number of nitrogens with zero attached hydrogens (tertiary/aromatic N) is 2. The molecule has 108 valence electrons. The Balaban J connectivity index is 2.82. The molecule has 21 heavy (non-hydrogen) atoms. The van der Waals surface area contributed by atoms with Crippen LogP contribution >= 0.6 is 11.6 Å². The summed E-state index contributed by atoms with van der Waals surface area (Å²) in [6.07, 6.45) is 0. The third kappa shape index (κ3) is 2.56. The second-order valence-electron chi connectivity index (χ2n) is 4.76. The van der Waals surface area contributed by atoms with Crippen molar-refractivity contribution in [3.05, 3.63) is 55.2 Å². The first-order valence-corrected chi connectivity index (χ1v) is 6.52. The van der Waals surface area contributed by atoms with Gasteiger partial charge in [-0.05, 0) is 24.1 Å². The normalized spacial score (nSPS) is 10.6. The Bertz CT molecular complexity index is 859. The van der Waals surface area contributed by atoms with E-state index in [9.17, 15) is 14.7 Å². The quantitative estimate of drug-likeness (QED) is 0.885. The van der Waals surface area contributed by atoms with Crippen molar-refractivity contribution in [2.24, 2.45) is 0 Å². The number of aromatic nitrogens is 2. The van der Waals surface area contributed by atoms with Gasteiger partial charge in [0.25, 0.3) is 5.56 Å². The predicted molar refractivity (Wildman–Crippen MR) is 78.1 cm³/mol. The van der Waals surface area contributed by atoms with Crippen LogP contribution in [0.2, 0.25) is 5.02 Å². The highest BCUT2D eigenvalue weighted by atomic mass is 35.5. The van der Waals surface area contributed by atoms with Gasteiger partial charge < -0.3 is 5.11 Å². The standard InChI is InChI=1S/C14H12ClN3O3/c1-7(2)11-12(19)17-14(21)18(13(11)20)10-4-3-8(6-16)5-9(10)15/h3-5,7,20H,1-2H3,(H,17,19,21). The molecule has 2 aromatic rings. The van der Waals surface area contributed by atoms with Crippen LogP contribution in [-0.2, 0) is 0 Å². The molecule has 0 aliphatic heterocycles. The highest BCUT2D eigenvalue weighted by molar-refractivity contribution is 6.32. The van der Waals surface area contributed by atoms with E-state index in [1.807, 2.05) is 6.07 Å². The topological polar surface area (TPSA) is 98.9 Å². The summed E-state index contributed by atoms with van der Waals surface area (Å²) in [5.41, 5.74) is -0.821. The second-order valence-corrected chi connectivity index (χ2v) is 5.17. The van der Waals surface area contributed by atoms with Gasteiger partial charge in [-0.2, -0.15) is 5.26 Å². The summed E-state index contributed by atoms with van der Waals surface area (Å²) in [7, 11) is 0. The first kappa shape index (κ1) is 14.9. The lowest BCUT2D eigenvalue weighted by Gasteiger charge is -2.14. The first-order chi connectivity index (χ1) is 9.86. The third-order valence-corrected chi connectivity index (χ3v) is 3.32.